The van der Waals surface area contributed by atoms with Crippen molar-refractivity contribution in [2.45, 2.75) is 13.5 Å². The minimum atomic E-state index is 0.240. The van der Waals surface area contributed by atoms with Gasteiger partial charge in [-0.3, -0.25) is 0 Å². The van der Waals surface area contributed by atoms with E-state index >= 15 is 0 Å². The van der Waals surface area contributed by atoms with Crippen LogP contribution in [0.3, 0.4) is 0 Å². The Hall–Kier alpha value is -2.69. The van der Waals surface area contributed by atoms with Crippen LogP contribution >= 0.6 is 0 Å². The average Bonchev–Trinajstić information content (AvgIpc) is 2.91. The van der Waals surface area contributed by atoms with Gasteiger partial charge in [0.05, 0.1) is 12.3 Å². The van der Waals surface area contributed by atoms with Crippen LogP contribution in [-0.4, -0.2) is 11.6 Å². The Morgan fingerprint density at radius 1 is 1.10 bits per heavy atom. The number of fused-ring (bicyclic) bond motifs is 1. The maximum Gasteiger partial charge on any atom is 0.233 e. The molecule has 0 amide bonds. The number of para-hydroxylation sites is 1. The summed E-state index contributed by atoms with van der Waals surface area (Å²) >= 11 is 0. The van der Waals surface area contributed by atoms with Crippen molar-refractivity contribution in [3.05, 3.63) is 48.4 Å². The van der Waals surface area contributed by atoms with Crippen LogP contribution in [-0.2, 0) is 6.61 Å². The molecule has 5 nitrogen and oxygen atoms in total. The molecule has 0 aliphatic heterocycles. The third kappa shape index (κ3) is 2.91. The predicted molar refractivity (Wildman–Crippen MR) is 80.4 cm³/mol. The van der Waals surface area contributed by atoms with E-state index in [0.717, 1.165) is 5.75 Å². The van der Waals surface area contributed by atoms with E-state index in [-0.39, 0.29) is 6.61 Å². The number of hydrogen-bond acceptors (Lipinski definition) is 5. The van der Waals surface area contributed by atoms with Gasteiger partial charge in [0.15, 0.2) is 12.2 Å². The summed E-state index contributed by atoms with van der Waals surface area (Å²) < 4.78 is 16.7. The highest BCUT2D eigenvalue weighted by Crippen LogP contribution is 2.23. The molecule has 5 heteroatoms. The summed E-state index contributed by atoms with van der Waals surface area (Å²) in [5, 5.41) is 0. The van der Waals surface area contributed by atoms with Crippen LogP contribution in [0.25, 0.3) is 11.1 Å². The first-order valence-corrected chi connectivity index (χ1v) is 6.76. The average molecular weight is 284 g/mol. The van der Waals surface area contributed by atoms with Crippen molar-refractivity contribution in [3.63, 3.8) is 0 Å². The molecule has 3 aromatic rings. The van der Waals surface area contributed by atoms with Gasteiger partial charge in [0, 0.05) is 6.07 Å². The Kier molecular flexibility index (Phi) is 3.64. The second-order valence-electron chi connectivity index (χ2n) is 4.50. The minimum absolute atomic E-state index is 0.240. The van der Waals surface area contributed by atoms with Gasteiger partial charge in [-0.15, -0.1) is 0 Å². The van der Waals surface area contributed by atoms with Crippen LogP contribution in [0.1, 0.15) is 12.8 Å². The number of anilines is 1. The molecule has 0 aliphatic carbocycles. The third-order valence-electron chi connectivity index (χ3n) is 2.97. The summed E-state index contributed by atoms with van der Waals surface area (Å²) in [4.78, 5) is 4.34. The molecule has 0 bridgehead atoms. The first kappa shape index (κ1) is 13.3. The van der Waals surface area contributed by atoms with Crippen molar-refractivity contribution in [1.82, 2.24) is 4.98 Å². The molecule has 3 rings (SSSR count). The molecule has 0 saturated heterocycles. The van der Waals surface area contributed by atoms with E-state index in [4.69, 9.17) is 19.6 Å². The quantitative estimate of drug-likeness (QED) is 0.727. The summed E-state index contributed by atoms with van der Waals surface area (Å²) in [6, 6.07) is 12.9. The number of oxazole rings is 1. The highest BCUT2D eigenvalue weighted by molar-refractivity contribution is 5.85. The van der Waals surface area contributed by atoms with Gasteiger partial charge in [0.1, 0.15) is 17.0 Å². The standard InChI is InChI=1S/C16H16N2O3/c1-2-19-11-5-3-6-12(9-11)20-10-15-18-16-13(17)7-4-8-14(16)21-15/h3-9H,2,10,17H2,1H3. The Bertz CT molecular complexity index is 752. The van der Waals surface area contributed by atoms with Crippen LogP contribution < -0.4 is 15.2 Å². The van der Waals surface area contributed by atoms with Crippen LogP contribution in [0.5, 0.6) is 11.5 Å². The summed E-state index contributed by atoms with van der Waals surface area (Å²) in [6.07, 6.45) is 0. The SMILES string of the molecule is CCOc1cccc(OCc2nc3c(N)cccc3o2)c1. The Labute approximate surface area is 122 Å². The first-order chi connectivity index (χ1) is 10.3. The fourth-order valence-corrected chi connectivity index (χ4v) is 2.04. The van der Waals surface area contributed by atoms with E-state index in [0.29, 0.717) is 35.0 Å². The molecular weight excluding hydrogens is 268 g/mol. The van der Waals surface area contributed by atoms with Gasteiger partial charge in [-0.05, 0) is 31.2 Å². The fraction of sp³-hybridized carbons (Fsp3) is 0.188. The zero-order valence-corrected chi connectivity index (χ0v) is 11.7. The third-order valence-corrected chi connectivity index (χ3v) is 2.97. The summed E-state index contributed by atoms with van der Waals surface area (Å²) in [5.74, 6) is 1.97. The van der Waals surface area contributed by atoms with Gasteiger partial charge in [0.25, 0.3) is 0 Å². The van der Waals surface area contributed by atoms with Crippen molar-refractivity contribution in [3.8, 4) is 11.5 Å². The second-order valence-corrected chi connectivity index (χ2v) is 4.50. The molecule has 0 atom stereocenters. The lowest BCUT2D eigenvalue weighted by atomic mass is 10.3. The van der Waals surface area contributed by atoms with E-state index in [1.54, 1.807) is 6.07 Å². The van der Waals surface area contributed by atoms with Gasteiger partial charge in [0.2, 0.25) is 5.89 Å². The molecule has 1 heterocycles. The molecule has 21 heavy (non-hydrogen) atoms. The van der Waals surface area contributed by atoms with Crippen LogP contribution in [0, 0.1) is 0 Å². The van der Waals surface area contributed by atoms with E-state index < -0.39 is 0 Å². The van der Waals surface area contributed by atoms with Crippen molar-refractivity contribution < 1.29 is 13.9 Å². The van der Waals surface area contributed by atoms with Crippen LogP contribution in [0.4, 0.5) is 5.69 Å². The van der Waals surface area contributed by atoms with Crippen LogP contribution in [0.15, 0.2) is 46.9 Å². The Morgan fingerprint density at radius 3 is 2.62 bits per heavy atom. The zero-order chi connectivity index (χ0) is 14.7. The smallest absolute Gasteiger partial charge is 0.233 e. The predicted octanol–water partition coefficient (Wildman–Crippen LogP) is 3.39. The fourth-order valence-electron chi connectivity index (χ4n) is 2.04. The van der Waals surface area contributed by atoms with Gasteiger partial charge >= 0.3 is 0 Å². The molecule has 0 saturated carbocycles. The first-order valence-electron chi connectivity index (χ1n) is 6.76. The number of nitrogens with two attached hydrogens (primary N) is 1. The minimum Gasteiger partial charge on any atom is -0.494 e. The highest BCUT2D eigenvalue weighted by atomic mass is 16.5. The Morgan fingerprint density at radius 2 is 1.86 bits per heavy atom. The molecule has 2 aromatic carbocycles. The van der Waals surface area contributed by atoms with E-state index in [1.807, 2.05) is 43.3 Å². The van der Waals surface area contributed by atoms with Crippen molar-refractivity contribution in [2.24, 2.45) is 0 Å². The number of hydrogen-bond donors (Lipinski definition) is 1. The topological polar surface area (TPSA) is 70.5 Å². The van der Waals surface area contributed by atoms with Gasteiger partial charge in [-0.25, -0.2) is 4.98 Å². The van der Waals surface area contributed by atoms with Crippen molar-refractivity contribution >= 4 is 16.8 Å². The van der Waals surface area contributed by atoms with Gasteiger partial charge in [-0.1, -0.05) is 12.1 Å². The van der Waals surface area contributed by atoms with E-state index in [1.165, 1.54) is 0 Å². The molecule has 0 unspecified atom stereocenters. The number of nitrogen functional groups attached to an aromatic ring is 1. The number of rotatable bonds is 5. The summed E-state index contributed by atoms with van der Waals surface area (Å²) in [7, 11) is 0. The lowest BCUT2D eigenvalue weighted by Gasteiger charge is -2.06. The molecule has 2 N–H and O–H groups in total. The molecule has 0 spiro atoms. The second kappa shape index (κ2) is 5.75. The molecule has 108 valence electrons. The van der Waals surface area contributed by atoms with E-state index in [2.05, 4.69) is 4.98 Å². The lowest BCUT2D eigenvalue weighted by molar-refractivity contribution is 0.264. The number of benzene rings is 2. The van der Waals surface area contributed by atoms with Crippen molar-refractivity contribution in [2.75, 3.05) is 12.3 Å². The normalized spacial score (nSPS) is 10.7. The lowest BCUT2D eigenvalue weighted by Crippen LogP contribution is -1.97. The molecule has 0 fully saturated rings. The van der Waals surface area contributed by atoms with Gasteiger partial charge in [-0.2, -0.15) is 0 Å². The Balaban J connectivity index is 1.74. The van der Waals surface area contributed by atoms with Gasteiger partial charge < -0.3 is 19.6 Å². The molecule has 1 aromatic heterocycles. The molecule has 0 aliphatic rings. The maximum atomic E-state index is 5.85. The summed E-state index contributed by atoms with van der Waals surface area (Å²) in [6.45, 7) is 2.80. The number of ether oxygens (including phenoxy) is 2. The van der Waals surface area contributed by atoms with E-state index in [9.17, 15) is 0 Å². The number of aromatic nitrogens is 1. The monoisotopic (exact) mass is 284 g/mol. The maximum absolute atomic E-state index is 5.85. The number of nitrogens with zero attached hydrogens (tertiary/aromatic N) is 1. The highest BCUT2D eigenvalue weighted by Gasteiger charge is 2.08. The van der Waals surface area contributed by atoms with Crippen LogP contribution in [0.2, 0.25) is 0 Å². The molecular formula is C16H16N2O3. The zero-order valence-electron chi connectivity index (χ0n) is 11.7. The largest absolute Gasteiger partial charge is 0.494 e. The van der Waals surface area contributed by atoms with Crippen molar-refractivity contribution in [1.29, 1.82) is 0 Å². The molecule has 0 radical (unpaired) electrons. The summed E-state index contributed by atoms with van der Waals surface area (Å²) in [5.41, 5.74) is 7.78.